The predicted molar refractivity (Wildman–Crippen MR) is 143 cm³/mol. The van der Waals surface area contributed by atoms with E-state index >= 15 is 0 Å². The SMILES string of the molecule is Cc1nc(NCc2ccc3nc[nH]c3c2)nc(CC2CC(CO)C(O)C2O)c1-c1nc2ccccc2s1. The highest BCUT2D eigenvalue weighted by Gasteiger charge is 2.41. The number of anilines is 1. The molecule has 4 atom stereocenters. The topological polar surface area (TPSA) is 140 Å². The maximum Gasteiger partial charge on any atom is 0.223 e. The zero-order valence-electron chi connectivity index (χ0n) is 20.3. The number of para-hydroxylation sites is 1. The number of fused-ring (bicyclic) bond motifs is 2. The van der Waals surface area contributed by atoms with Crippen molar-refractivity contribution in [3.05, 3.63) is 65.7 Å². The van der Waals surface area contributed by atoms with Gasteiger partial charge in [-0.25, -0.2) is 19.9 Å². The van der Waals surface area contributed by atoms with Crippen molar-refractivity contribution < 1.29 is 15.3 Å². The third-order valence-corrected chi connectivity index (χ3v) is 8.27. The Bertz CT molecular complexity index is 1530. The highest BCUT2D eigenvalue weighted by molar-refractivity contribution is 7.21. The number of imidazole rings is 1. The van der Waals surface area contributed by atoms with Gasteiger partial charge in [-0.05, 0) is 55.5 Å². The number of benzene rings is 2. The average Bonchev–Trinajstić information content (AvgIpc) is 3.61. The molecule has 1 fully saturated rings. The van der Waals surface area contributed by atoms with Crippen molar-refractivity contribution in [3.63, 3.8) is 0 Å². The van der Waals surface area contributed by atoms with Crippen LogP contribution in [0.25, 0.3) is 31.8 Å². The lowest BCUT2D eigenvalue weighted by Crippen LogP contribution is -2.30. The van der Waals surface area contributed by atoms with E-state index < -0.39 is 12.2 Å². The molecule has 0 radical (unpaired) electrons. The minimum atomic E-state index is -0.946. The van der Waals surface area contributed by atoms with Crippen LogP contribution in [0, 0.1) is 18.8 Å². The zero-order valence-corrected chi connectivity index (χ0v) is 21.1. The minimum absolute atomic E-state index is 0.157. The van der Waals surface area contributed by atoms with Crippen LogP contribution in [-0.4, -0.2) is 59.1 Å². The summed E-state index contributed by atoms with van der Waals surface area (Å²) in [6.07, 6.45) is 0.774. The third kappa shape index (κ3) is 4.57. The molecule has 9 nitrogen and oxygen atoms in total. The average molecular weight is 517 g/mol. The third-order valence-electron chi connectivity index (χ3n) is 7.22. The van der Waals surface area contributed by atoms with E-state index in [-0.39, 0.29) is 18.4 Å². The van der Waals surface area contributed by atoms with Crippen LogP contribution in [0.15, 0.2) is 48.8 Å². The summed E-state index contributed by atoms with van der Waals surface area (Å²) in [5.41, 5.74) is 6.29. The van der Waals surface area contributed by atoms with Gasteiger partial charge in [0.15, 0.2) is 0 Å². The Kier molecular flexibility index (Phi) is 6.33. The Hall–Kier alpha value is -3.44. The number of aromatic amines is 1. The summed E-state index contributed by atoms with van der Waals surface area (Å²) in [5.74, 6) is -0.0807. The van der Waals surface area contributed by atoms with Crippen LogP contribution in [0.2, 0.25) is 0 Å². The van der Waals surface area contributed by atoms with Gasteiger partial charge in [-0.2, -0.15) is 0 Å². The smallest absolute Gasteiger partial charge is 0.223 e. The largest absolute Gasteiger partial charge is 0.396 e. The molecule has 0 aliphatic heterocycles. The molecule has 4 unspecified atom stereocenters. The van der Waals surface area contributed by atoms with Crippen LogP contribution in [0.5, 0.6) is 0 Å². The van der Waals surface area contributed by atoms with E-state index in [0.717, 1.165) is 48.8 Å². The molecular weight excluding hydrogens is 488 g/mol. The number of rotatable bonds is 7. The first-order chi connectivity index (χ1) is 18.0. The summed E-state index contributed by atoms with van der Waals surface area (Å²) in [7, 11) is 0. The Morgan fingerprint density at radius 1 is 1.03 bits per heavy atom. The Morgan fingerprint density at radius 3 is 2.68 bits per heavy atom. The van der Waals surface area contributed by atoms with Gasteiger partial charge < -0.3 is 25.6 Å². The molecule has 1 aliphatic rings. The lowest BCUT2D eigenvalue weighted by atomic mass is 9.95. The zero-order chi connectivity index (χ0) is 25.5. The van der Waals surface area contributed by atoms with E-state index in [0.29, 0.717) is 25.3 Å². The highest BCUT2D eigenvalue weighted by Crippen LogP contribution is 2.38. The van der Waals surface area contributed by atoms with Gasteiger partial charge in [0.25, 0.3) is 0 Å². The second-order valence-electron chi connectivity index (χ2n) is 9.67. The molecule has 37 heavy (non-hydrogen) atoms. The van der Waals surface area contributed by atoms with Crippen LogP contribution < -0.4 is 5.32 Å². The lowest BCUT2D eigenvalue weighted by molar-refractivity contribution is -0.00588. The number of aryl methyl sites for hydroxylation is 1. The van der Waals surface area contributed by atoms with Gasteiger partial charge in [0, 0.05) is 19.1 Å². The molecule has 6 rings (SSSR count). The normalized spacial score (nSPS) is 21.7. The molecule has 1 aliphatic carbocycles. The van der Waals surface area contributed by atoms with E-state index in [1.807, 2.05) is 49.4 Å². The van der Waals surface area contributed by atoms with Gasteiger partial charge in [0.1, 0.15) is 5.01 Å². The number of hydrogen-bond donors (Lipinski definition) is 5. The molecule has 3 heterocycles. The molecule has 0 bridgehead atoms. The first-order valence-corrected chi connectivity index (χ1v) is 13.2. The van der Waals surface area contributed by atoms with E-state index in [1.54, 1.807) is 17.7 Å². The standard InChI is InChI=1S/C27H28N6O3S/c1-14-23(26-32-19-4-2-3-5-22(19)37-26)21(10-16-9-17(12-34)25(36)24(16)35)33-27(31-14)28-11-15-6-7-18-20(8-15)30-13-29-18/h2-8,13,16-17,24-25,34-36H,9-12H2,1H3,(H,29,30)(H,28,31,33). The number of nitrogens with zero attached hydrogens (tertiary/aromatic N) is 4. The molecule has 1 saturated carbocycles. The summed E-state index contributed by atoms with van der Waals surface area (Å²) in [6.45, 7) is 2.33. The van der Waals surface area contributed by atoms with Crippen molar-refractivity contribution in [2.75, 3.05) is 11.9 Å². The van der Waals surface area contributed by atoms with E-state index in [1.165, 1.54) is 0 Å². The number of nitrogens with one attached hydrogen (secondary N) is 2. The van der Waals surface area contributed by atoms with Crippen molar-refractivity contribution in [1.29, 1.82) is 0 Å². The van der Waals surface area contributed by atoms with Crippen molar-refractivity contribution in [2.24, 2.45) is 11.8 Å². The molecule has 0 amide bonds. The fourth-order valence-corrected chi connectivity index (χ4v) is 6.34. The fourth-order valence-electron chi connectivity index (χ4n) is 5.25. The number of aliphatic hydroxyl groups excluding tert-OH is 3. The molecule has 5 N–H and O–H groups in total. The first kappa shape index (κ1) is 23.9. The molecule has 0 spiro atoms. The molecule has 190 valence electrons. The van der Waals surface area contributed by atoms with Crippen molar-refractivity contribution in [2.45, 2.75) is 38.5 Å². The number of thiazole rings is 1. The second-order valence-corrected chi connectivity index (χ2v) is 10.7. The Balaban J connectivity index is 1.35. The number of H-pyrrole nitrogens is 1. The van der Waals surface area contributed by atoms with Crippen molar-refractivity contribution >= 4 is 38.5 Å². The van der Waals surface area contributed by atoms with Crippen molar-refractivity contribution in [3.8, 4) is 10.6 Å². The lowest BCUT2D eigenvalue weighted by Gasteiger charge is -2.19. The van der Waals surface area contributed by atoms with Crippen LogP contribution >= 0.6 is 11.3 Å². The Morgan fingerprint density at radius 2 is 1.86 bits per heavy atom. The van der Waals surface area contributed by atoms with Crippen LogP contribution in [0.1, 0.15) is 23.4 Å². The number of aliphatic hydroxyl groups is 3. The summed E-state index contributed by atoms with van der Waals surface area (Å²) in [4.78, 5) is 21.9. The van der Waals surface area contributed by atoms with Crippen LogP contribution in [0.3, 0.4) is 0 Å². The molecule has 0 saturated heterocycles. The number of hydrogen-bond acceptors (Lipinski definition) is 9. The van der Waals surface area contributed by atoms with Gasteiger partial charge in [-0.3, -0.25) is 0 Å². The van der Waals surface area contributed by atoms with Gasteiger partial charge in [0.05, 0.1) is 56.7 Å². The van der Waals surface area contributed by atoms with E-state index in [9.17, 15) is 15.3 Å². The monoisotopic (exact) mass is 516 g/mol. The van der Waals surface area contributed by atoms with Gasteiger partial charge in [0.2, 0.25) is 5.95 Å². The maximum atomic E-state index is 10.7. The first-order valence-electron chi connectivity index (χ1n) is 12.4. The second kappa shape index (κ2) is 9.79. The molecule has 5 aromatic rings. The minimum Gasteiger partial charge on any atom is -0.396 e. The maximum absolute atomic E-state index is 10.7. The molecular formula is C27H28N6O3S. The van der Waals surface area contributed by atoms with Gasteiger partial charge >= 0.3 is 0 Å². The summed E-state index contributed by atoms with van der Waals surface area (Å²) < 4.78 is 1.08. The summed E-state index contributed by atoms with van der Waals surface area (Å²) in [5, 5.41) is 34.9. The van der Waals surface area contributed by atoms with Crippen molar-refractivity contribution in [1.82, 2.24) is 24.9 Å². The highest BCUT2D eigenvalue weighted by atomic mass is 32.1. The molecule has 10 heteroatoms. The van der Waals surface area contributed by atoms with Gasteiger partial charge in [-0.15, -0.1) is 11.3 Å². The molecule has 3 aromatic heterocycles. The number of aromatic nitrogens is 5. The van der Waals surface area contributed by atoms with E-state index in [2.05, 4.69) is 15.3 Å². The predicted octanol–water partition coefficient (Wildman–Crippen LogP) is 3.44. The summed E-state index contributed by atoms with van der Waals surface area (Å²) >= 11 is 1.59. The Labute approximate surface area is 217 Å². The molecule has 2 aromatic carbocycles. The quantitative estimate of drug-likeness (QED) is 0.222. The summed E-state index contributed by atoms with van der Waals surface area (Å²) in [6, 6.07) is 14.0. The van der Waals surface area contributed by atoms with Crippen LogP contribution in [0.4, 0.5) is 5.95 Å². The van der Waals surface area contributed by atoms with Crippen LogP contribution in [-0.2, 0) is 13.0 Å². The fraction of sp³-hybridized carbons (Fsp3) is 0.333. The van der Waals surface area contributed by atoms with E-state index in [4.69, 9.17) is 15.0 Å². The van der Waals surface area contributed by atoms with Gasteiger partial charge in [-0.1, -0.05) is 18.2 Å².